The van der Waals surface area contributed by atoms with Gasteiger partial charge in [0.05, 0.1) is 0 Å². The van der Waals surface area contributed by atoms with Gasteiger partial charge in [0.2, 0.25) is 0 Å². The standard InChI is InChI=1S/C17H18BrNO/c18-15-6-4-13(8-9-19)17(11-15)20-16-7-5-12-2-1-3-14(12)10-16/h4-7,10-11H,1-3,8-9,19H2. The predicted octanol–water partition coefficient (Wildman–Crippen LogP) is 4.23. The number of nitrogens with two attached hydrogens (primary N) is 1. The van der Waals surface area contributed by atoms with Crippen LogP contribution in [-0.4, -0.2) is 6.54 Å². The fourth-order valence-corrected chi connectivity index (χ4v) is 3.06. The van der Waals surface area contributed by atoms with Crippen LogP contribution in [0, 0.1) is 0 Å². The quantitative estimate of drug-likeness (QED) is 0.909. The summed E-state index contributed by atoms with van der Waals surface area (Å²) in [5.41, 5.74) is 9.71. The van der Waals surface area contributed by atoms with Crippen molar-refractivity contribution in [3.05, 3.63) is 57.6 Å². The summed E-state index contributed by atoms with van der Waals surface area (Å²) in [6.45, 7) is 0.627. The monoisotopic (exact) mass is 331 g/mol. The van der Waals surface area contributed by atoms with Crippen LogP contribution in [0.25, 0.3) is 0 Å². The fourth-order valence-electron chi connectivity index (χ4n) is 2.72. The molecular weight excluding hydrogens is 314 g/mol. The zero-order chi connectivity index (χ0) is 13.9. The Morgan fingerprint density at radius 1 is 1.05 bits per heavy atom. The van der Waals surface area contributed by atoms with Gasteiger partial charge in [-0.1, -0.05) is 28.1 Å². The van der Waals surface area contributed by atoms with Gasteiger partial charge in [0.25, 0.3) is 0 Å². The van der Waals surface area contributed by atoms with E-state index in [9.17, 15) is 0 Å². The Morgan fingerprint density at radius 3 is 2.75 bits per heavy atom. The van der Waals surface area contributed by atoms with Crippen LogP contribution < -0.4 is 10.5 Å². The molecule has 0 aromatic heterocycles. The molecule has 0 fully saturated rings. The summed E-state index contributed by atoms with van der Waals surface area (Å²) < 4.78 is 7.11. The van der Waals surface area contributed by atoms with Crippen molar-refractivity contribution in [2.24, 2.45) is 5.73 Å². The summed E-state index contributed by atoms with van der Waals surface area (Å²) in [4.78, 5) is 0. The second-order valence-electron chi connectivity index (χ2n) is 5.18. The molecule has 104 valence electrons. The molecule has 0 radical (unpaired) electrons. The smallest absolute Gasteiger partial charge is 0.131 e. The highest BCUT2D eigenvalue weighted by molar-refractivity contribution is 9.10. The zero-order valence-electron chi connectivity index (χ0n) is 11.4. The average molecular weight is 332 g/mol. The Bertz CT molecular complexity index is 624. The van der Waals surface area contributed by atoms with Gasteiger partial charge in [0.1, 0.15) is 11.5 Å². The topological polar surface area (TPSA) is 35.2 Å². The van der Waals surface area contributed by atoms with E-state index in [4.69, 9.17) is 10.5 Å². The van der Waals surface area contributed by atoms with Crippen molar-refractivity contribution in [1.82, 2.24) is 0 Å². The summed E-state index contributed by atoms with van der Waals surface area (Å²) in [5, 5.41) is 0. The number of rotatable bonds is 4. The van der Waals surface area contributed by atoms with Crippen molar-refractivity contribution in [3.63, 3.8) is 0 Å². The lowest BCUT2D eigenvalue weighted by molar-refractivity contribution is 0.475. The number of aryl methyl sites for hydroxylation is 2. The van der Waals surface area contributed by atoms with E-state index in [0.29, 0.717) is 6.54 Å². The molecule has 0 saturated heterocycles. The van der Waals surface area contributed by atoms with Gasteiger partial charge in [0, 0.05) is 4.47 Å². The first-order chi connectivity index (χ1) is 9.76. The lowest BCUT2D eigenvalue weighted by atomic mass is 10.1. The number of halogens is 1. The highest BCUT2D eigenvalue weighted by Crippen LogP contribution is 2.32. The summed E-state index contributed by atoms with van der Waals surface area (Å²) in [5.74, 6) is 1.81. The highest BCUT2D eigenvalue weighted by atomic mass is 79.9. The number of fused-ring (bicyclic) bond motifs is 1. The van der Waals surface area contributed by atoms with E-state index in [1.54, 1.807) is 0 Å². The number of benzene rings is 2. The van der Waals surface area contributed by atoms with Gasteiger partial charge >= 0.3 is 0 Å². The summed E-state index contributed by atoms with van der Waals surface area (Å²) >= 11 is 3.50. The summed E-state index contributed by atoms with van der Waals surface area (Å²) in [7, 11) is 0. The molecule has 1 aliphatic carbocycles. The van der Waals surface area contributed by atoms with Gasteiger partial charge < -0.3 is 10.5 Å². The van der Waals surface area contributed by atoms with E-state index in [-0.39, 0.29) is 0 Å². The molecule has 1 aliphatic rings. The van der Waals surface area contributed by atoms with Crippen LogP contribution >= 0.6 is 15.9 Å². The zero-order valence-corrected chi connectivity index (χ0v) is 12.9. The van der Waals surface area contributed by atoms with Gasteiger partial charge in [-0.2, -0.15) is 0 Å². The molecule has 2 aromatic carbocycles. The summed E-state index contributed by atoms with van der Waals surface area (Å²) in [6.07, 6.45) is 4.45. The van der Waals surface area contributed by atoms with Gasteiger partial charge in [-0.15, -0.1) is 0 Å². The molecule has 3 heteroatoms. The molecule has 2 nitrogen and oxygen atoms in total. The third-order valence-corrected chi connectivity index (χ3v) is 4.23. The Labute approximate surface area is 128 Å². The Morgan fingerprint density at radius 2 is 1.90 bits per heavy atom. The molecule has 0 unspecified atom stereocenters. The van der Waals surface area contributed by atoms with Crippen LogP contribution in [0.2, 0.25) is 0 Å². The molecule has 0 bridgehead atoms. The second-order valence-corrected chi connectivity index (χ2v) is 6.09. The van der Waals surface area contributed by atoms with Crippen molar-refractivity contribution in [3.8, 4) is 11.5 Å². The Hall–Kier alpha value is -1.32. The van der Waals surface area contributed by atoms with Gasteiger partial charge in [-0.3, -0.25) is 0 Å². The maximum Gasteiger partial charge on any atom is 0.131 e. The van der Waals surface area contributed by atoms with Crippen LogP contribution in [0.1, 0.15) is 23.1 Å². The lowest BCUT2D eigenvalue weighted by Gasteiger charge is -2.12. The number of hydrogen-bond donors (Lipinski definition) is 1. The van der Waals surface area contributed by atoms with E-state index in [1.807, 2.05) is 12.1 Å². The Balaban J connectivity index is 1.88. The molecule has 0 spiro atoms. The molecule has 3 rings (SSSR count). The molecular formula is C17H18BrNO. The predicted molar refractivity (Wildman–Crippen MR) is 85.4 cm³/mol. The first-order valence-electron chi connectivity index (χ1n) is 7.04. The first kappa shape index (κ1) is 13.7. The van der Waals surface area contributed by atoms with Crippen LogP contribution in [0.4, 0.5) is 0 Å². The SMILES string of the molecule is NCCc1ccc(Br)cc1Oc1ccc2c(c1)CCC2. The van der Waals surface area contributed by atoms with Crippen molar-refractivity contribution < 1.29 is 4.74 Å². The molecule has 0 atom stereocenters. The molecule has 0 heterocycles. The van der Waals surface area contributed by atoms with E-state index in [0.717, 1.165) is 28.0 Å². The van der Waals surface area contributed by atoms with Crippen LogP contribution in [0.5, 0.6) is 11.5 Å². The fraction of sp³-hybridized carbons (Fsp3) is 0.294. The molecule has 0 aliphatic heterocycles. The maximum atomic E-state index is 6.08. The maximum absolute atomic E-state index is 6.08. The van der Waals surface area contributed by atoms with Crippen molar-refractivity contribution in [2.45, 2.75) is 25.7 Å². The molecule has 0 amide bonds. The third-order valence-electron chi connectivity index (χ3n) is 3.74. The van der Waals surface area contributed by atoms with Crippen LogP contribution in [0.3, 0.4) is 0 Å². The van der Waals surface area contributed by atoms with Crippen LogP contribution in [0.15, 0.2) is 40.9 Å². The lowest BCUT2D eigenvalue weighted by Crippen LogP contribution is -2.04. The molecule has 20 heavy (non-hydrogen) atoms. The van der Waals surface area contributed by atoms with E-state index < -0.39 is 0 Å². The number of ether oxygens (including phenoxy) is 1. The van der Waals surface area contributed by atoms with Gasteiger partial charge in [-0.05, 0) is 73.2 Å². The van der Waals surface area contributed by atoms with E-state index in [2.05, 4.69) is 40.2 Å². The minimum absolute atomic E-state index is 0.627. The van der Waals surface area contributed by atoms with E-state index >= 15 is 0 Å². The molecule has 2 aromatic rings. The number of hydrogen-bond acceptors (Lipinski definition) is 2. The second kappa shape index (κ2) is 5.98. The average Bonchev–Trinajstić information content (AvgIpc) is 2.89. The Kier molecular flexibility index (Phi) is 4.08. The largest absolute Gasteiger partial charge is 0.457 e. The highest BCUT2D eigenvalue weighted by Gasteiger charge is 2.12. The first-order valence-corrected chi connectivity index (χ1v) is 7.84. The minimum Gasteiger partial charge on any atom is -0.457 e. The van der Waals surface area contributed by atoms with Crippen LogP contribution in [-0.2, 0) is 19.3 Å². The third kappa shape index (κ3) is 2.89. The van der Waals surface area contributed by atoms with Crippen molar-refractivity contribution in [1.29, 1.82) is 0 Å². The van der Waals surface area contributed by atoms with Crippen molar-refractivity contribution in [2.75, 3.05) is 6.54 Å². The molecule has 0 saturated carbocycles. The van der Waals surface area contributed by atoms with Gasteiger partial charge in [-0.25, -0.2) is 0 Å². The minimum atomic E-state index is 0.627. The van der Waals surface area contributed by atoms with Gasteiger partial charge in [0.15, 0.2) is 0 Å². The summed E-state index contributed by atoms with van der Waals surface area (Å²) in [6, 6.07) is 12.5. The normalized spacial score (nSPS) is 13.3. The van der Waals surface area contributed by atoms with Crippen molar-refractivity contribution >= 4 is 15.9 Å². The molecule has 2 N–H and O–H groups in total. The van der Waals surface area contributed by atoms with E-state index in [1.165, 1.54) is 30.4 Å².